The molecule has 0 aliphatic carbocycles. The molecule has 1 rings (SSSR count). The van der Waals surface area contributed by atoms with E-state index in [0.29, 0.717) is 0 Å². The van der Waals surface area contributed by atoms with Crippen molar-refractivity contribution in [1.29, 1.82) is 0 Å². The quantitative estimate of drug-likeness (QED) is 0.715. The molecule has 78 valence electrons. The van der Waals surface area contributed by atoms with Gasteiger partial charge in [-0.15, -0.1) is 3.89 Å². The summed E-state index contributed by atoms with van der Waals surface area (Å²) in [5.74, 6) is -0.823. The molecule has 0 radical (unpaired) electrons. The summed E-state index contributed by atoms with van der Waals surface area (Å²) >= 11 is 0. The summed E-state index contributed by atoms with van der Waals surface area (Å²) in [7, 11) is -3.44. The molecule has 0 spiro atoms. The zero-order chi connectivity index (χ0) is 10.9. The molecular formula is C6H8FN3O3S. The standard InChI is InChI=1S/C6H8FN3O3S/c1-4(11)8-6-5(14(7,12)13)3-10(2)9-6/h3H,1-2H3,(H,8,9,11). The van der Waals surface area contributed by atoms with Gasteiger partial charge >= 0.3 is 10.2 Å². The molecule has 0 aromatic carbocycles. The molecule has 1 N–H and O–H groups in total. The molecule has 6 nitrogen and oxygen atoms in total. The Morgan fingerprint density at radius 2 is 2.21 bits per heavy atom. The highest BCUT2D eigenvalue weighted by atomic mass is 32.3. The molecule has 14 heavy (non-hydrogen) atoms. The summed E-state index contributed by atoms with van der Waals surface area (Å²) < 4.78 is 34.9. The first kappa shape index (κ1) is 10.6. The molecule has 0 atom stereocenters. The number of aromatic nitrogens is 2. The summed E-state index contributed by atoms with van der Waals surface area (Å²) in [5, 5.41) is 5.69. The van der Waals surface area contributed by atoms with Gasteiger partial charge in [0.1, 0.15) is 0 Å². The minimum atomic E-state index is -4.86. The third-order valence-corrected chi connectivity index (χ3v) is 2.18. The summed E-state index contributed by atoms with van der Waals surface area (Å²) in [6, 6.07) is 0. The second-order valence-corrected chi connectivity index (χ2v) is 3.95. The van der Waals surface area contributed by atoms with E-state index in [0.717, 1.165) is 10.9 Å². The van der Waals surface area contributed by atoms with E-state index in [4.69, 9.17) is 0 Å². The maximum Gasteiger partial charge on any atom is 0.337 e. The summed E-state index contributed by atoms with van der Waals surface area (Å²) in [6.07, 6.45) is 0.973. The van der Waals surface area contributed by atoms with Gasteiger partial charge in [0.15, 0.2) is 10.7 Å². The average Bonchev–Trinajstić information content (AvgIpc) is 2.28. The molecular weight excluding hydrogens is 213 g/mol. The number of nitrogens with zero attached hydrogens (tertiary/aromatic N) is 2. The lowest BCUT2D eigenvalue weighted by Gasteiger charge is -1.97. The maximum absolute atomic E-state index is 12.6. The first-order valence-corrected chi connectivity index (χ1v) is 4.95. The van der Waals surface area contributed by atoms with Crippen LogP contribution >= 0.6 is 0 Å². The second-order valence-electron chi connectivity index (χ2n) is 2.63. The largest absolute Gasteiger partial charge is 0.337 e. The Kier molecular flexibility index (Phi) is 2.56. The number of anilines is 1. The van der Waals surface area contributed by atoms with Crippen molar-refractivity contribution in [2.24, 2.45) is 7.05 Å². The van der Waals surface area contributed by atoms with Gasteiger partial charge in [0, 0.05) is 20.2 Å². The first-order valence-electron chi connectivity index (χ1n) is 3.56. The molecule has 1 amide bonds. The van der Waals surface area contributed by atoms with E-state index >= 15 is 0 Å². The number of hydrogen-bond donors (Lipinski definition) is 1. The summed E-state index contributed by atoms with van der Waals surface area (Å²) in [4.78, 5) is 9.98. The van der Waals surface area contributed by atoms with Gasteiger partial charge in [0.05, 0.1) is 0 Å². The van der Waals surface area contributed by atoms with Gasteiger partial charge in [-0.05, 0) is 0 Å². The number of aryl methyl sites for hydroxylation is 1. The van der Waals surface area contributed by atoms with Crippen LogP contribution in [-0.2, 0) is 22.1 Å². The Labute approximate surface area is 79.9 Å². The summed E-state index contributed by atoms with van der Waals surface area (Å²) in [6.45, 7) is 1.17. The van der Waals surface area contributed by atoms with Crippen LogP contribution in [0.15, 0.2) is 11.1 Å². The maximum atomic E-state index is 12.6. The van der Waals surface area contributed by atoms with Crippen molar-refractivity contribution in [3.8, 4) is 0 Å². The Hall–Kier alpha value is -1.44. The van der Waals surface area contributed by atoms with Crippen LogP contribution in [0.3, 0.4) is 0 Å². The number of halogens is 1. The van der Waals surface area contributed by atoms with E-state index in [9.17, 15) is 17.1 Å². The van der Waals surface area contributed by atoms with Crippen molar-refractivity contribution in [2.75, 3.05) is 5.32 Å². The van der Waals surface area contributed by atoms with E-state index in [2.05, 4.69) is 10.4 Å². The van der Waals surface area contributed by atoms with Crippen LogP contribution in [0.25, 0.3) is 0 Å². The molecule has 0 aliphatic rings. The summed E-state index contributed by atoms with van der Waals surface area (Å²) in [5.41, 5.74) is 0. The van der Waals surface area contributed by atoms with Crippen LogP contribution in [0.4, 0.5) is 9.70 Å². The fraction of sp³-hybridized carbons (Fsp3) is 0.333. The lowest BCUT2D eigenvalue weighted by atomic mass is 10.6. The predicted octanol–water partition coefficient (Wildman–Crippen LogP) is 0.0367. The highest BCUT2D eigenvalue weighted by molar-refractivity contribution is 7.86. The number of amides is 1. The van der Waals surface area contributed by atoms with Gasteiger partial charge in [-0.1, -0.05) is 0 Å². The van der Waals surface area contributed by atoms with E-state index in [1.165, 1.54) is 14.0 Å². The van der Waals surface area contributed by atoms with E-state index < -0.39 is 21.0 Å². The first-order chi connectivity index (χ1) is 6.30. The van der Waals surface area contributed by atoms with Gasteiger partial charge in [0.25, 0.3) is 0 Å². The van der Waals surface area contributed by atoms with Crippen molar-refractivity contribution < 1.29 is 17.1 Å². The molecule has 1 aromatic heterocycles. The number of carbonyl (C=O) groups is 1. The Balaban J connectivity index is 3.23. The lowest BCUT2D eigenvalue weighted by molar-refractivity contribution is -0.114. The van der Waals surface area contributed by atoms with E-state index in [1.54, 1.807) is 0 Å². The van der Waals surface area contributed by atoms with Crippen LogP contribution < -0.4 is 5.32 Å². The lowest BCUT2D eigenvalue weighted by Crippen LogP contribution is -2.09. The van der Waals surface area contributed by atoms with Crippen molar-refractivity contribution in [2.45, 2.75) is 11.8 Å². The number of hydrogen-bond acceptors (Lipinski definition) is 4. The van der Waals surface area contributed by atoms with E-state index in [1.807, 2.05) is 0 Å². The van der Waals surface area contributed by atoms with Crippen molar-refractivity contribution in [3.63, 3.8) is 0 Å². The van der Waals surface area contributed by atoms with Crippen LogP contribution in [-0.4, -0.2) is 24.1 Å². The van der Waals surface area contributed by atoms with Gasteiger partial charge in [-0.25, -0.2) is 0 Å². The van der Waals surface area contributed by atoms with Crippen LogP contribution in [0, 0.1) is 0 Å². The molecule has 0 saturated heterocycles. The molecule has 1 heterocycles. The smallest absolute Gasteiger partial charge is 0.308 e. The SMILES string of the molecule is CC(=O)Nc1nn(C)cc1S(=O)(=O)F. The molecule has 0 bridgehead atoms. The van der Waals surface area contributed by atoms with Crippen LogP contribution in [0.2, 0.25) is 0 Å². The van der Waals surface area contributed by atoms with Gasteiger partial charge in [-0.2, -0.15) is 13.5 Å². The van der Waals surface area contributed by atoms with Gasteiger partial charge in [0.2, 0.25) is 5.91 Å². The topological polar surface area (TPSA) is 81.1 Å². The van der Waals surface area contributed by atoms with Crippen molar-refractivity contribution in [3.05, 3.63) is 6.20 Å². The second kappa shape index (κ2) is 3.37. The van der Waals surface area contributed by atoms with Gasteiger partial charge in [-0.3, -0.25) is 9.48 Å². The van der Waals surface area contributed by atoms with Gasteiger partial charge < -0.3 is 5.32 Å². The molecule has 8 heteroatoms. The minimum absolute atomic E-state index is 0.303. The average molecular weight is 221 g/mol. The Morgan fingerprint density at radius 3 is 2.64 bits per heavy atom. The highest BCUT2D eigenvalue weighted by Crippen LogP contribution is 2.20. The Bertz CT molecular complexity index is 465. The molecule has 0 fully saturated rings. The number of rotatable bonds is 2. The zero-order valence-electron chi connectivity index (χ0n) is 7.48. The third-order valence-electron chi connectivity index (χ3n) is 1.35. The zero-order valence-corrected chi connectivity index (χ0v) is 8.30. The number of carbonyl (C=O) groups excluding carboxylic acids is 1. The van der Waals surface area contributed by atoms with Crippen LogP contribution in [0.5, 0.6) is 0 Å². The normalized spacial score (nSPS) is 11.4. The molecule has 1 aromatic rings. The monoisotopic (exact) mass is 221 g/mol. The molecule has 0 unspecified atom stereocenters. The fourth-order valence-electron chi connectivity index (χ4n) is 0.898. The number of nitrogens with one attached hydrogen (secondary N) is 1. The van der Waals surface area contributed by atoms with Crippen molar-refractivity contribution >= 4 is 21.9 Å². The van der Waals surface area contributed by atoms with E-state index in [-0.39, 0.29) is 5.82 Å². The Morgan fingerprint density at radius 1 is 1.64 bits per heavy atom. The highest BCUT2D eigenvalue weighted by Gasteiger charge is 2.21. The van der Waals surface area contributed by atoms with Crippen LogP contribution in [0.1, 0.15) is 6.92 Å². The molecule has 0 saturated carbocycles. The fourth-order valence-corrected chi connectivity index (χ4v) is 1.50. The predicted molar refractivity (Wildman–Crippen MR) is 45.8 cm³/mol. The third kappa shape index (κ3) is 2.28. The van der Waals surface area contributed by atoms with Crippen molar-refractivity contribution in [1.82, 2.24) is 9.78 Å². The minimum Gasteiger partial charge on any atom is -0.308 e. The molecule has 0 aliphatic heterocycles.